The molecule has 4 unspecified atom stereocenters. The fourth-order valence-corrected chi connectivity index (χ4v) is 2.25. The van der Waals surface area contributed by atoms with Crippen molar-refractivity contribution < 1.29 is 49.2 Å². The standard InChI is InChI=1S/C15H24N4O10S/c16-6(1-2-10(21)22)12(25)18-8(4-20)13(26)19-9(5-30)14(27)17-7(15(28)29)3-11(23)24/h6-9,20,30H,1-5,16H2,(H,17,27)(H,18,25)(H,19,26)(H,21,22)(H,23,24)(H,28,29). The summed E-state index contributed by atoms with van der Waals surface area (Å²) in [5.74, 6) is -7.57. The molecule has 0 saturated carbocycles. The van der Waals surface area contributed by atoms with E-state index in [1.165, 1.54) is 0 Å². The van der Waals surface area contributed by atoms with Gasteiger partial charge in [0.15, 0.2) is 0 Å². The summed E-state index contributed by atoms with van der Waals surface area (Å²) in [6, 6.07) is -5.98. The summed E-state index contributed by atoms with van der Waals surface area (Å²) < 4.78 is 0. The largest absolute Gasteiger partial charge is 0.481 e. The number of carboxylic acid groups (broad SMARTS) is 3. The van der Waals surface area contributed by atoms with E-state index in [0.717, 1.165) is 0 Å². The van der Waals surface area contributed by atoms with Crippen molar-refractivity contribution in [2.75, 3.05) is 12.4 Å². The Morgan fingerprint density at radius 3 is 1.73 bits per heavy atom. The summed E-state index contributed by atoms with van der Waals surface area (Å²) in [7, 11) is 0. The third-order valence-corrected chi connectivity index (χ3v) is 4.00. The number of nitrogens with two attached hydrogens (primary N) is 1. The molecular formula is C15H24N4O10S. The van der Waals surface area contributed by atoms with Gasteiger partial charge in [0.05, 0.1) is 19.1 Å². The van der Waals surface area contributed by atoms with Gasteiger partial charge in [0.1, 0.15) is 18.1 Å². The Balaban J connectivity index is 4.97. The lowest BCUT2D eigenvalue weighted by Crippen LogP contribution is -2.58. The number of thiol groups is 1. The van der Waals surface area contributed by atoms with Crippen molar-refractivity contribution in [1.82, 2.24) is 16.0 Å². The molecule has 0 aliphatic heterocycles. The average Bonchev–Trinajstić information content (AvgIpc) is 2.66. The van der Waals surface area contributed by atoms with Gasteiger partial charge in [0.25, 0.3) is 0 Å². The molecule has 0 heterocycles. The lowest BCUT2D eigenvalue weighted by Gasteiger charge is -2.23. The Hall–Kier alpha value is -2.91. The molecule has 0 radical (unpaired) electrons. The van der Waals surface area contributed by atoms with Gasteiger partial charge in [-0.1, -0.05) is 0 Å². The molecule has 4 atom stereocenters. The summed E-state index contributed by atoms with van der Waals surface area (Å²) in [5, 5.41) is 41.7. The summed E-state index contributed by atoms with van der Waals surface area (Å²) in [6.07, 6.45) is -1.52. The smallest absolute Gasteiger partial charge is 0.326 e. The summed E-state index contributed by atoms with van der Waals surface area (Å²) >= 11 is 3.86. The minimum absolute atomic E-state index is 0.219. The van der Waals surface area contributed by atoms with Crippen LogP contribution >= 0.6 is 12.6 Å². The molecule has 0 bridgehead atoms. The van der Waals surface area contributed by atoms with Crippen LogP contribution in [0.4, 0.5) is 0 Å². The van der Waals surface area contributed by atoms with E-state index >= 15 is 0 Å². The average molecular weight is 452 g/mol. The van der Waals surface area contributed by atoms with E-state index < -0.39 is 79.2 Å². The minimum atomic E-state index is -1.75. The predicted octanol–water partition coefficient (Wildman–Crippen LogP) is -3.89. The van der Waals surface area contributed by atoms with Crippen molar-refractivity contribution in [3.05, 3.63) is 0 Å². The molecular weight excluding hydrogens is 428 g/mol. The first-order valence-corrected chi connectivity index (χ1v) is 9.10. The molecule has 3 amide bonds. The van der Waals surface area contributed by atoms with Crippen molar-refractivity contribution in [2.24, 2.45) is 5.73 Å². The number of rotatable bonds is 14. The maximum atomic E-state index is 12.2. The van der Waals surface area contributed by atoms with Crippen molar-refractivity contribution in [1.29, 1.82) is 0 Å². The number of hydrogen-bond acceptors (Lipinski definition) is 9. The number of amides is 3. The zero-order valence-electron chi connectivity index (χ0n) is 15.6. The Morgan fingerprint density at radius 2 is 1.30 bits per heavy atom. The second-order valence-corrected chi connectivity index (χ2v) is 6.39. The van der Waals surface area contributed by atoms with Crippen LogP contribution in [-0.2, 0) is 28.8 Å². The monoisotopic (exact) mass is 452 g/mol. The fraction of sp³-hybridized carbons (Fsp3) is 0.600. The van der Waals surface area contributed by atoms with Gasteiger partial charge >= 0.3 is 17.9 Å². The second-order valence-electron chi connectivity index (χ2n) is 6.02. The molecule has 0 aromatic rings. The number of hydrogen-bond donors (Lipinski definition) is 9. The van der Waals surface area contributed by atoms with Crippen LogP contribution in [0.5, 0.6) is 0 Å². The number of aliphatic hydroxyl groups is 1. The predicted molar refractivity (Wildman–Crippen MR) is 101 cm³/mol. The van der Waals surface area contributed by atoms with Crippen molar-refractivity contribution >= 4 is 48.3 Å². The van der Waals surface area contributed by atoms with Crippen LogP contribution in [0.1, 0.15) is 19.3 Å². The normalized spacial score (nSPS) is 14.5. The van der Waals surface area contributed by atoms with Crippen molar-refractivity contribution in [2.45, 2.75) is 43.4 Å². The molecule has 0 aromatic heterocycles. The Morgan fingerprint density at radius 1 is 0.800 bits per heavy atom. The fourth-order valence-electron chi connectivity index (χ4n) is 2.00. The highest BCUT2D eigenvalue weighted by Crippen LogP contribution is 1.99. The number of carboxylic acids is 3. The lowest BCUT2D eigenvalue weighted by atomic mass is 10.1. The maximum absolute atomic E-state index is 12.2. The number of aliphatic hydroxyl groups excluding tert-OH is 1. The first-order valence-electron chi connectivity index (χ1n) is 8.47. The van der Waals surface area contributed by atoms with E-state index in [-0.39, 0.29) is 12.2 Å². The van der Waals surface area contributed by atoms with E-state index in [1.54, 1.807) is 0 Å². The second kappa shape index (κ2) is 13.3. The van der Waals surface area contributed by atoms with Gasteiger partial charge in [-0.3, -0.25) is 24.0 Å². The minimum Gasteiger partial charge on any atom is -0.481 e. The molecule has 15 heteroatoms. The zero-order chi connectivity index (χ0) is 23.4. The number of nitrogens with one attached hydrogen (secondary N) is 3. The Labute approximate surface area is 175 Å². The Bertz CT molecular complexity index is 674. The van der Waals surface area contributed by atoms with E-state index in [2.05, 4.69) is 23.3 Å². The molecule has 0 aliphatic rings. The summed E-state index contributed by atoms with van der Waals surface area (Å²) in [4.78, 5) is 68.5. The van der Waals surface area contributed by atoms with E-state index in [1.807, 2.05) is 5.32 Å². The highest BCUT2D eigenvalue weighted by atomic mass is 32.1. The van der Waals surface area contributed by atoms with E-state index in [9.17, 15) is 33.9 Å². The first-order chi connectivity index (χ1) is 13.9. The molecule has 30 heavy (non-hydrogen) atoms. The third-order valence-electron chi connectivity index (χ3n) is 3.63. The zero-order valence-corrected chi connectivity index (χ0v) is 16.5. The topological polar surface area (TPSA) is 245 Å². The van der Waals surface area contributed by atoms with Crippen LogP contribution in [0.3, 0.4) is 0 Å². The number of carbonyl (C=O) groups excluding carboxylic acids is 3. The van der Waals surface area contributed by atoms with Crippen molar-refractivity contribution in [3.63, 3.8) is 0 Å². The van der Waals surface area contributed by atoms with Gasteiger partial charge in [0.2, 0.25) is 17.7 Å². The lowest BCUT2D eigenvalue weighted by molar-refractivity contribution is -0.147. The molecule has 170 valence electrons. The highest BCUT2D eigenvalue weighted by molar-refractivity contribution is 7.80. The first kappa shape index (κ1) is 27.1. The van der Waals surface area contributed by atoms with Crippen LogP contribution < -0.4 is 21.7 Å². The molecule has 14 nitrogen and oxygen atoms in total. The molecule has 0 fully saturated rings. The van der Waals surface area contributed by atoms with Gasteiger partial charge in [-0.25, -0.2) is 4.79 Å². The SMILES string of the molecule is NC(CCC(=O)O)C(=O)NC(CO)C(=O)NC(CS)C(=O)NC(CC(=O)O)C(=O)O. The van der Waals surface area contributed by atoms with Crippen LogP contribution in [0, 0.1) is 0 Å². The molecule has 0 aliphatic carbocycles. The molecule has 0 spiro atoms. The van der Waals surface area contributed by atoms with Gasteiger partial charge in [0, 0.05) is 12.2 Å². The summed E-state index contributed by atoms with van der Waals surface area (Å²) in [6.45, 7) is -0.888. The van der Waals surface area contributed by atoms with Crippen LogP contribution in [0.15, 0.2) is 0 Å². The van der Waals surface area contributed by atoms with Crippen LogP contribution in [0.25, 0.3) is 0 Å². The Kier molecular flexibility index (Phi) is 12.0. The molecule has 0 aromatic carbocycles. The van der Waals surface area contributed by atoms with Gasteiger partial charge in [-0.05, 0) is 6.42 Å². The molecule has 0 rings (SSSR count). The third kappa shape index (κ3) is 10.0. The summed E-state index contributed by atoms with van der Waals surface area (Å²) in [5.41, 5.74) is 5.50. The number of carbonyl (C=O) groups is 6. The molecule has 9 N–H and O–H groups in total. The maximum Gasteiger partial charge on any atom is 0.326 e. The van der Waals surface area contributed by atoms with Crippen molar-refractivity contribution in [3.8, 4) is 0 Å². The van der Waals surface area contributed by atoms with E-state index in [4.69, 9.17) is 21.1 Å². The van der Waals surface area contributed by atoms with E-state index in [0.29, 0.717) is 0 Å². The number of aliphatic carboxylic acids is 3. The quantitative estimate of drug-likeness (QED) is 0.115. The molecule has 0 saturated heterocycles. The van der Waals surface area contributed by atoms with Gasteiger partial charge in [-0.2, -0.15) is 12.6 Å². The van der Waals surface area contributed by atoms with Gasteiger partial charge in [-0.15, -0.1) is 0 Å². The van der Waals surface area contributed by atoms with Crippen LogP contribution in [-0.4, -0.2) is 92.6 Å². The van der Waals surface area contributed by atoms with Crippen LogP contribution in [0.2, 0.25) is 0 Å². The highest BCUT2D eigenvalue weighted by Gasteiger charge is 2.30. The van der Waals surface area contributed by atoms with Gasteiger partial charge < -0.3 is 42.1 Å².